The van der Waals surface area contributed by atoms with E-state index in [-0.39, 0.29) is 17.2 Å². The lowest BCUT2D eigenvalue weighted by molar-refractivity contribution is 0.340. The highest BCUT2D eigenvalue weighted by atomic mass is 16.5. The summed E-state index contributed by atoms with van der Waals surface area (Å²) in [7, 11) is 1.58. The molecule has 8 heteroatoms. The Balaban J connectivity index is 1.57. The fraction of sp³-hybridized carbons (Fsp3) is 0.130. The van der Waals surface area contributed by atoms with Gasteiger partial charge in [0.2, 0.25) is 5.95 Å². The Morgan fingerprint density at radius 3 is 2.61 bits per heavy atom. The number of benzene rings is 3. The third kappa shape index (κ3) is 4.37. The van der Waals surface area contributed by atoms with E-state index in [0.29, 0.717) is 17.9 Å². The SMILES string of the molecule is CCOc1ccc2ccccc2c1/C=N/Nc1nnc(-c2ccc(OC)cc2)c(=O)[nH]1. The quantitative estimate of drug-likeness (QED) is 0.351. The third-order valence-corrected chi connectivity index (χ3v) is 4.66. The molecular formula is C23H21N5O3. The summed E-state index contributed by atoms with van der Waals surface area (Å²) >= 11 is 0. The number of hydrazone groups is 1. The Kier molecular flexibility index (Phi) is 5.89. The summed E-state index contributed by atoms with van der Waals surface area (Å²) < 4.78 is 10.9. The van der Waals surface area contributed by atoms with Gasteiger partial charge in [0.1, 0.15) is 11.5 Å². The van der Waals surface area contributed by atoms with Crippen molar-refractivity contribution in [1.82, 2.24) is 15.2 Å². The molecule has 0 aliphatic heterocycles. The fourth-order valence-corrected chi connectivity index (χ4v) is 3.17. The number of nitrogens with zero attached hydrogens (tertiary/aromatic N) is 3. The Morgan fingerprint density at radius 2 is 1.87 bits per heavy atom. The summed E-state index contributed by atoms with van der Waals surface area (Å²) in [6.07, 6.45) is 1.64. The number of anilines is 1. The number of methoxy groups -OCH3 is 1. The minimum Gasteiger partial charge on any atom is -0.497 e. The van der Waals surface area contributed by atoms with Crippen LogP contribution in [-0.4, -0.2) is 35.1 Å². The lowest BCUT2D eigenvalue weighted by Crippen LogP contribution is -2.15. The zero-order valence-electron chi connectivity index (χ0n) is 17.1. The van der Waals surface area contributed by atoms with Gasteiger partial charge in [0.15, 0.2) is 5.69 Å². The number of ether oxygens (including phenoxy) is 2. The zero-order valence-corrected chi connectivity index (χ0v) is 17.1. The van der Waals surface area contributed by atoms with Crippen molar-refractivity contribution < 1.29 is 9.47 Å². The summed E-state index contributed by atoms with van der Waals surface area (Å²) in [6, 6.07) is 18.9. The average Bonchev–Trinajstić information content (AvgIpc) is 2.80. The first kappa shape index (κ1) is 20.1. The van der Waals surface area contributed by atoms with E-state index in [2.05, 4.69) is 25.7 Å². The van der Waals surface area contributed by atoms with E-state index in [1.54, 1.807) is 37.6 Å². The lowest BCUT2D eigenvalue weighted by Gasteiger charge is -2.10. The first-order valence-corrected chi connectivity index (χ1v) is 9.74. The number of nitrogens with one attached hydrogen (secondary N) is 2. The molecule has 0 spiro atoms. The van der Waals surface area contributed by atoms with Crippen molar-refractivity contribution in [2.45, 2.75) is 6.92 Å². The van der Waals surface area contributed by atoms with Crippen molar-refractivity contribution in [3.8, 4) is 22.8 Å². The molecule has 0 saturated heterocycles. The van der Waals surface area contributed by atoms with Gasteiger partial charge in [-0.3, -0.25) is 9.78 Å². The molecule has 0 radical (unpaired) electrons. The lowest BCUT2D eigenvalue weighted by atomic mass is 10.0. The van der Waals surface area contributed by atoms with Gasteiger partial charge in [-0.2, -0.15) is 5.10 Å². The third-order valence-electron chi connectivity index (χ3n) is 4.66. The maximum Gasteiger partial charge on any atom is 0.279 e. The van der Waals surface area contributed by atoms with Crippen LogP contribution in [-0.2, 0) is 0 Å². The highest BCUT2D eigenvalue weighted by Gasteiger charge is 2.09. The van der Waals surface area contributed by atoms with Gasteiger partial charge in [-0.25, -0.2) is 5.43 Å². The van der Waals surface area contributed by atoms with E-state index in [1.807, 2.05) is 43.3 Å². The topological polar surface area (TPSA) is 101 Å². The van der Waals surface area contributed by atoms with E-state index in [0.717, 1.165) is 22.1 Å². The number of aromatic amines is 1. The molecule has 1 heterocycles. The van der Waals surface area contributed by atoms with Gasteiger partial charge in [0.05, 0.1) is 19.9 Å². The van der Waals surface area contributed by atoms with E-state index in [9.17, 15) is 4.79 Å². The van der Waals surface area contributed by atoms with Gasteiger partial charge >= 0.3 is 0 Å². The Bertz CT molecular complexity index is 1280. The summed E-state index contributed by atoms with van der Waals surface area (Å²) in [5.74, 6) is 1.55. The van der Waals surface area contributed by atoms with E-state index >= 15 is 0 Å². The first-order valence-electron chi connectivity index (χ1n) is 9.74. The molecule has 1 aromatic heterocycles. The van der Waals surface area contributed by atoms with Crippen LogP contribution in [0.4, 0.5) is 5.95 Å². The van der Waals surface area contributed by atoms with Crippen molar-refractivity contribution >= 4 is 22.9 Å². The molecule has 0 fully saturated rings. The predicted molar refractivity (Wildman–Crippen MR) is 121 cm³/mol. The summed E-state index contributed by atoms with van der Waals surface area (Å²) in [6.45, 7) is 2.47. The molecule has 0 amide bonds. The van der Waals surface area contributed by atoms with Crippen molar-refractivity contribution in [3.05, 3.63) is 76.6 Å². The highest BCUT2D eigenvalue weighted by molar-refractivity contribution is 6.02. The van der Waals surface area contributed by atoms with Crippen LogP contribution in [0, 0.1) is 0 Å². The molecule has 0 aliphatic carbocycles. The van der Waals surface area contributed by atoms with Gasteiger partial charge in [0, 0.05) is 11.1 Å². The molecule has 31 heavy (non-hydrogen) atoms. The van der Waals surface area contributed by atoms with Crippen LogP contribution in [0.3, 0.4) is 0 Å². The van der Waals surface area contributed by atoms with Crippen molar-refractivity contribution in [3.63, 3.8) is 0 Å². The smallest absolute Gasteiger partial charge is 0.279 e. The minimum atomic E-state index is -0.377. The standard InChI is InChI=1S/C23H21N5O3/c1-3-31-20-13-10-15-6-4-5-7-18(15)19(20)14-24-27-23-25-22(29)21(26-28-23)16-8-11-17(30-2)12-9-16/h4-14H,3H2,1-2H3,(H2,25,27,28,29)/b24-14+. The Hall–Kier alpha value is -4.20. The van der Waals surface area contributed by atoms with Crippen LogP contribution in [0.25, 0.3) is 22.0 Å². The maximum atomic E-state index is 12.4. The Morgan fingerprint density at radius 1 is 1.06 bits per heavy atom. The zero-order chi connectivity index (χ0) is 21.6. The van der Waals surface area contributed by atoms with Crippen LogP contribution in [0.2, 0.25) is 0 Å². The van der Waals surface area contributed by atoms with Crippen LogP contribution in [0.15, 0.2) is 70.6 Å². The molecule has 0 atom stereocenters. The van der Waals surface area contributed by atoms with Gasteiger partial charge in [-0.1, -0.05) is 30.3 Å². The van der Waals surface area contributed by atoms with Crippen LogP contribution in [0.5, 0.6) is 11.5 Å². The van der Waals surface area contributed by atoms with Gasteiger partial charge in [-0.15, -0.1) is 10.2 Å². The maximum absolute atomic E-state index is 12.4. The number of aromatic nitrogens is 3. The highest BCUT2D eigenvalue weighted by Crippen LogP contribution is 2.26. The van der Waals surface area contributed by atoms with Crippen LogP contribution >= 0.6 is 0 Å². The molecule has 3 aromatic carbocycles. The molecule has 2 N–H and O–H groups in total. The summed E-state index contributed by atoms with van der Waals surface area (Å²) in [5.41, 5.74) is 4.04. The van der Waals surface area contributed by atoms with Crippen molar-refractivity contribution in [2.75, 3.05) is 19.1 Å². The molecule has 0 saturated carbocycles. The largest absolute Gasteiger partial charge is 0.497 e. The van der Waals surface area contributed by atoms with Gasteiger partial charge in [-0.05, 0) is 48.0 Å². The Labute approximate surface area is 178 Å². The number of hydrogen-bond donors (Lipinski definition) is 2. The minimum absolute atomic E-state index is 0.136. The van der Waals surface area contributed by atoms with Gasteiger partial charge in [0.25, 0.3) is 5.56 Å². The average molecular weight is 415 g/mol. The molecule has 0 bridgehead atoms. The predicted octanol–water partition coefficient (Wildman–Crippen LogP) is 3.84. The van der Waals surface area contributed by atoms with E-state index in [1.165, 1.54) is 0 Å². The summed E-state index contributed by atoms with van der Waals surface area (Å²) in [5, 5.41) is 14.4. The van der Waals surface area contributed by atoms with E-state index in [4.69, 9.17) is 9.47 Å². The second kappa shape index (κ2) is 9.08. The second-order valence-electron chi connectivity index (χ2n) is 6.58. The van der Waals surface area contributed by atoms with Crippen molar-refractivity contribution in [1.29, 1.82) is 0 Å². The van der Waals surface area contributed by atoms with Crippen LogP contribution < -0.4 is 20.5 Å². The molecule has 8 nitrogen and oxygen atoms in total. The molecule has 0 unspecified atom stereocenters. The molecule has 0 aliphatic rings. The fourth-order valence-electron chi connectivity index (χ4n) is 3.17. The molecular weight excluding hydrogens is 394 g/mol. The van der Waals surface area contributed by atoms with E-state index < -0.39 is 0 Å². The number of hydrogen-bond acceptors (Lipinski definition) is 7. The number of fused-ring (bicyclic) bond motifs is 1. The summed E-state index contributed by atoms with van der Waals surface area (Å²) in [4.78, 5) is 15.1. The first-order chi connectivity index (χ1) is 15.2. The molecule has 156 valence electrons. The second-order valence-corrected chi connectivity index (χ2v) is 6.58. The number of H-pyrrole nitrogens is 1. The van der Waals surface area contributed by atoms with Crippen molar-refractivity contribution in [2.24, 2.45) is 5.10 Å². The number of rotatable bonds is 7. The molecule has 4 rings (SSSR count). The normalized spacial score (nSPS) is 11.0. The van der Waals surface area contributed by atoms with Crippen LogP contribution in [0.1, 0.15) is 12.5 Å². The van der Waals surface area contributed by atoms with Gasteiger partial charge < -0.3 is 9.47 Å². The molecule has 4 aromatic rings. The monoisotopic (exact) mass is 415 g/mol.